The van der Waals surface area contributed by atoms with Crippen molar-refractivity contribution in [2.75, 3.05) is 0 Å². The lowest BCUT2D eigenvalue weighted by Crippen LogP contribution is -1.89. The Morgan fingerprint density at radius 3 is 2.25 bits per heavy atom. The van der Waals surface area contributed by atoms with E-state index in [9.17, 15) is 8.78 Å². The van der Waals surface area contributed by atoms with Crippen molar-refractivity contribution in [1.29, 1.82) is 0 Å². The first kappa shape index (κ1) is 13.2. The van der Waals surface area contributed by atoms with E-state index in [4.69, 9.17) is 11.6 Å². The highest BCUT2D eigenvalue weighted by Crippen LogP contribution is 2.32. The van der Waals surface area contributed by atoms with Gasteiger partial charge in [-0.15, -0.1) is 11.3 Å². The summed E-state index contributed by atoms with van der Waals surface area (Å²) in [6.07, 6.45) is 0. The fraction of sp³-hybridized carbons (Fsp3) is 0. The lowest BCUT2D eigenvalue weighted by atomic mass is 10.2. The van der Waals surface area contributed by atoms with Crippen molar-refractivity contribution in [3.63, 3.8) is 0 Å². The smallest absolute Gasteiger partial charge is 0.136 e. The van der Waals surface area contributed by atoms with E-state index in [1.54, 1.807) is 17.5 Å². The number of nitrogens with zero attached hydrogens (tertiary/aromatic N) is 1. The molecule has 0 unspecified atom stereocenters. The standard InChI is InChI=1S/C15H8ClF2NS/c16-10-6-4-9(5-7-10)13-8-20-15(19-13)14-11(17)2-1-3-12(14)18/h1-8H. The van der Waals surface area contributed by atoms with Gasteiger partial charge in [0.05, 0.1) is 11.3 Å². The van der Waals surface area contributed by atoms with E-state index in [1.807, 2.05) is 12.1 Å². The molecule has 0 aliphatic heterocycles. The Labute approximate surface area is 123 Å². The molecule has 0 aliphatic carbocycles. The molecule has 0 bridgehead atoms. The number of hydrogen-bond acceptors (Lipinski definition) is 2. The zero-order valence-corrected chi connectivity index (χ0v) is 11.7. The van der Waals surface area contributed by atoms with Gasteiger partial charge in [-0.05, 0) is 24.3 Å². The van der Waals surface area contributed by atoms with Crippen molar-refractivity contribution in [2.24, 2.45) is 0 Å². The maximum absolute atomic E-state index is 13.7. The third-order valence-electron chi connectivity index (χ3n) is 2.82. The van der Waals surface area contributed by atoms with Crippen molar-refractivity contribution in [1.82, 2.24) is 4.98 Å². The van der Waals surface area contributed by atoms with Crippen LogP contribution in [0.25, 0.3) is 21.8 Å². The van der Waals surface area contributed by atoms with E-state index >= 15 is 0 Å². The first-order valence-electron chi connectivity index (χ1n) is 5.81. The molecule has 20 heavy (non-hydrogen) atoms. The van der Waals surface area contributed by atoms with Gasteiger partial charge >= 0.3 is 0 Å². The molecule has 0 radical (unpaired) electrons. The van der Waals surface area contributed by atoms with Crippen molar-refractivity contribution >= 4 is 22.9 Å². The van der Waals surface area contributed by atoms with Gasteiger partial charge in [-0.2, -0.15) is 0 Å². The number of halogens is 3. The molecule has 1 heterocycles. The minimum Gasteiger partial charge on any atom is -0.236 e. The Kier molecular flexibility index (Phi) is 3.51. The Balaban J connectivity index is 2.04. The molecule has 0 saturated carbocycles. The fourth-order valence-electron chi connectivity index (χ4n) is 1.84. The second kappa shape index (κ2) is 5.31. The summed E-state index contributed by atoms with van der Waals surface area (Å²) in [5.41, 5.74) is 1.44. The van der Waals surface area contributed by atoms with Gasteiger partial charge in [-0.25, -0.2) is 13.8 Å². The van der Waals surface area contributed by atoms with E-state index < -0.39 is 11.6 Å². The molecule has 0 atom stereocenters. The van der Waals surface area contributed by atoms with E-state index in [2.05, 4.69) is 4.98 Å². The third kappa shape index (κ3) is 2.44. The van der Waals surface area contributed by atoms with Crippen LogP contribution in [0.4, 0.5) is 8.78 Å². The van der Waals surface area contributed by atoms with E-state index in [0.29, 0.717) is 15.7 Å². The monoisotopic (exact) mass is 307 g/mol. The van der Waals surface area contributed by atoms with Gasteiger partial charge in [-0.3, -0.25) is 0 Å². The maximum Gasteiger partial charge on any atom is 0.136 e. The number of aromatic nitrogens is 1. The molecular weight excluding hydrogens is 300 g/mol. The molecule has 0 fully saturated rings. The van der Waals surface area contributed by atoms with Gasteiger partial charge in [0.2, 0.25) is 0 Å². The van der Waals surface area contributed by atoms with Crippen LogP contribution in [0.1, 0.15) is 0 Å². The fourth-order valence-corrected chi connectivity index (χ4v) is 2.85. The Hall–Kier alpha value is -1.78. The van der Waals surface area contributed by atoms with Gasteiger partial charge < -0.3 is 0 Å². The highest BCUT2D eigenvalue weighted by Gasteiger charge is 2.15. The summed E-state index contributed by atoms with van der Waals surface area (Å²) in [5.74, 6) is -1.22. The molecule has 0 amide bonds. The van der Waals surface area contributed by atoms with Gasteiger partial charge in [0.1, 0.15) is 16.6 Å². The summed E-state index contributed by atoms with van der Waals surface area (Å²) in [6, 6.07) is 10.9. The molecule has 3 rings (SSSR count). The normalized spacial score (nSPS) is 10.8. The van der Waals surface area contributed by atoms with Crippen LogP contribution >= 0.6 is 22.9 Å². The van der Waals surface area contributed by atoms with Crippen LogP contribution in [0.5, 0.6) is 0 Å². The van der Waals surface area contributed by atoms with Gasteiger partial charge in [0.25, 0.3) is 0 Å². The largest absolute Gasteiger partial charge is 0.236 e. The minimum atomic E-state index is -0.609. The van der Waals surface area contributed by atoms with Gasteiger partial charge in [0, 0.05) is 16.0 Å². The number of hydrogen-bond donors (Lipinski definition) is 0. The molecular formula is C15H8ClF2NS. The molecule has 0 aliphatic rings. The summed E-state index contributed by atoms with van der Waals surface area (Å²) in [4.78, 5) is 4.30. The quantitative estimate of drug-likeness (QED) is 0.617. The molecule has 0 saturated heterocycles. The molecule has 1 aromatic heterocycles. The first-order valence-corrected chi connectivity index (χ1v) is 7.07. The predicted octanol–water partition coefficient (Wildman–Crippen LogP) is 5.41. The molecule has 0 spiro atoms. The molecule has 3 aromatic rings. The van der Waals surface area contributed by atoms with Crippen LogP contribution in [0, 0.1) is 11.6 Å². The second-order valence-electron chi connectivity index (χ2n) is 4.14. The topological polar surface area (TPSA) is 12.9 Å². The van der Waals surface area contributed by atoms with Gasteiger partial charge in [-0.1, -0.05) is 29.8 Å². The maximum atomic E-state index is 13.7. The van der Waals surface area contributed by atoms with Crippen molar-refractivity contribution in [3.8, 4) is 21.8 Å². The average molecular weight is 308 g/mol. The van der Waals surface area contributed by atoms with Crippen molar-refractivity contribution in [3.05, 3.63) is 64.5 Å². The van der Waals surface area contributed by atoms with Gasteiger partial charge in [0.15, 0.2) is 0 Å². The van der Waals surface area contributed by atoms with Crippen LogP contribution in [-0.4, -0.2) is 4.98 Å². The van der Waals surface area contributed by atoms with E-state index in [0.717, 1.165) is 5.56 Å². The Morgan fingerprint density at radius 2 is 1.60 bits per heavy atom. The lowest BCUT2D eigenvalue weighted by molar-refractivity contribution is 0.589. The summed E-state index contributed by atoms with van der Waals surface area (Å²) >= 11 is 7.03. The first-order chi connectivity index (χ1) is 9.65. The van der Waals surface area contributed by atoms with Crippen molar-refractivity contribution < 1.29 is 8.78 Å². The number of benzene rings is 2. The summed E-state index contributed by atoms with van der Waals surface area (Å²) in [5, 5.41) is 2.72. The highest BCUT2D eigenvalue weighted by molar-refractivity contribution is 7.13. The second-order valence-corrected chi connectivity index (χ2v) is 5.44. The average Bonchev–Trinajstić information content (AvgIpc) is 2.89. The number of thiazole rings is 1. The highest BCUT2D eigenvalue weighted by atomic mass is 35.5. The molecule has 1 nitrogen and oxygen atoms in total. The van der Waals surface area contributed by atoms with E-state index in [1.165, 1.54) is 29.5 Å². The number of rotatable bonds is 2. The zero-order valence-electron chi connectivity index (χ0n) is 10.1. The van der Waals surface area contributed by atoms with E-state index in [-0.39, 0.29) is 5.56 Å². The SMILES string of the molecule is Fc1cccc(F)c1-c1nc(-c2ccc(Cl)cc2)cs1. The van der Waals surface area contributed by atoms with Crippen LogP contribution < -0.4 is 0 Å². The lowest BCUT2D eigenvalue weighted by Gasteiger charge is -2.00. The van der Waals surface area contributed by atoms with Crippen molar-refractivity contribution in [2.45, 2.75) is 0 Å². The molecule has 100 valence electrons. The Bertz CT molecular complexity index is 733. The summed E-state index contributed by atoms with van der Waals surface area (Å²) in [6.45, 7) is 0. The van der Waals surface area contributed by atoms with Crippen LogP contribution in [-0.2, 0) is 0 Å². The predicted molar refractivity (Wildman–Crippen MR) is 77.9 cm³/mol. The molecule has 0 N–H and O–H groups in total. The molecule has 5 heteroatoms. The zero-order chi connectivity index (χ0) is 14.1. The molecule has 2 aromatic carbocycles. The third-order valence-corrected chi connectivity index (χ3v) is 3.93. The van der Waals surface area contributed by atoms with Crippen LogP contribution in [0.15, 0.2) is 47.8 Å². The van der Waals surface area contributed by atoms with Crippen LogP contribution in [0.3, 0.4) is 0 Å². The Morgan fingerprint density at radius 1 is 0.950 bits per heavy atom. The summed E-state index contributed by atoms with van der Waals surface area (Å²) in [7, 11) is 0. The van der Waals surface area contributed by atoms with Crippen LogP contribution in [0.2, 0.25) is 5.02 Å². The summed E-state index contributed by atoms with van der Waals surface area (Å²) < 4.78 is 27.4. The minimum absolute atomic E-state index is 0.0855.